The molecule has 22 heavy (non-hydrogen) atoms. The standard InChI is InChI=1S/C19H17NO2/c21-18(19(22)20-13-14-7-2-1-3-8-14)17-12-6-10-15-9-4-5-11-16(15)17/h1-12,18,21H,13H2,(H,20,22). The molecule has 1 atom stereocenters. The first-order valence-electron chi connectivity index (χ1n) is 7.23. The van der Waals surface area contributed by atoms with Crippen molar-refractivity contribution in [1.82, 2.24) is 5.32 Å². The summed E-state index contributed by atoms with van der Waals surface area (Å²) >= 11 is 0. The fraction of sp³-hybridized carbons (Fsp3) is 0.105. The Kier molecular flexibility index (Phi) is 4.17. The number of aliphatic hydroxyl groups is 1. The fourth-order valence-electron chi connectivity index (χ4n) is 2.51. The highest BCUT2D eigenvalue weighted by atomic mass is 16.3. The van der Waals surface area contributed by atoms with Crippen molar-refractivity contribution in [2.75, 3.05) is 0 Å². The van der Waals surface area contributed by atoms with Crippen LogP contribution in [0.25, 0.3) is 10.8 Å². The molecule has 1 amide bonds. The van der Waals surface area contributed by atoms with E-state index >= 15 is 0 Å². The van der Waals surface area contributed by atoms with E-state index in [4.69, 9.17) is 0 Å². The molecule has 3 aromatic carbocycles. The van der Waals surface area contributed by atoms with Gasteiger partial charge in [0.15, 0.2) is 6.10 Å². The molecule has 0 aliphatic carbocycles. The Morgan fingerprint density at radius 2 is 1.59 bits per heavy atom. The summed E-state index contributed by atoms with van der Waals surface area (Å²) in [6, 6.07) is 23.0. The lowest BCUT2D eigenvalue weighted by molar-refractivity contribution is -0.129. The minimum Gasteiger partial charge on any atom is -0.378 e. The molecule has 3 rings (SSSR count). The van der Waals surface area contributed by atoms with E-state index in [1.165, 1.54) is 0 Å². The maximum absolute atomic E-state index is 12.2. The molecule has 0 spiro atoms. The molecule has 0 saturated heterocycles. The molecule has 1 unspecified atom stereocenters. The third kappa shape index (κ3) is 3.00. The molecule has 0 aliphatic heterocycles. The van der Waals surface area contributed by atoms with Gasteiger partial charge in [-0.15, -0.1) is 0 Å². The summed E-state index contributed by atoms with van der Waals surface area (Å²) in [6.07, 6.45) is -1.17. The quantitative estimate of drug-likeness (QED) is 0.775. The monoisotopic (exact) mass is 291 g/mol. The van der Waals surface area contributed by atoms with Crippen LogP contribution in [0, 0.1) is 0 Å². The normalized spacial score (nSPS) is 12.0. The van der Waals surface area contributed by atoms with Gasteiger partial charge in [0.2, 0.25) is 0 Å². The average Bonchev–Trinajstić information content (AvgIpc) is 2.59. The van der Waals surface area contributed by atoms with Gasteiger partial charge in [0, 0.05) is 6.54 Å². The Morgan fingerprint density at radius 3 is 2.41 bits per heavy atom. The lowest BCUT2D eigenvalue weighted by Gasteiger charge is -2.14. The lowest BCUT2D eigenvalue weighted by Crippen LogP contribution is -2.28. The van der Waals surface area contributed by atoms with E-state index in [2.05, 4.69) is 5.32 Å². The van der Waals surface area contributed by atoms with Gasteiger partial charge < -0.3 is 10.4 Å². The summed E-state index contributed by atoms with van der Waals surface area (Å²) in [5, 5.41) is 15.0. The Morgan fingerprint density at radius 1 is 0.909 bits per heavy atom. The molecule has 0 aliphatic rings. The number of nitrogens with one attached hydrogen (secondary N) is 1. The highest BCUT2D eigenvalue weighted by molar-refractivity contribution is 5.91. The SMILES string of the molecule is O=C(NCc1ccccc1)C(O)c1cccc2ccccc12. The average molecular weight is 291 g/mol. The molecule has 2 N–H and O–H groups in total. The minimum absolute atomic E-state index is 0.389. The number of benzene rings is 3. The molecule has 0 bridgehead atoms. The summed E-state index contributed by atoms with van der Waals surface area (Å²) < 4.78 is 0. The summed E-state index contributed by atoms with van der Waals surface area (Å²) in [5.41, 5.74) is 1.63. The van der Waals surface area contributed by atoms with Crippen LogP contribution in [0.15, 0.2) is 72.8 Å². The molecule has 3 nitrogen and oxygen atoms in total. The van der Waals surface area contributed by atoms with Crippen molar-refractivity contribution in [3.63, 3.8) is 0 Å². The molecular weight excluding hydrogens is 274 g/mol. The van der Waals surface area contributed by atoms with Crippen LogP contribution in [0.1, 0.15) is 17.2 Å². The minimum atomic E-state index is -1.17. The van der Waals surface area contributed by atoms with Gasteiger partial charge in [-0.2, -0.15) is 0 Å². The number of rotatable bonds is 4. The fourth-order valence-corrected chi connectivity index (χ4v) is 2.51. The number of amides is 1. The van der Waals surface area contributed by atoms with E-state index in [0.29, 0.717) is 12.1 Å². The number of carbonyl (C=O) groups excluding carboxylic acids is 1. The number of aliphatic hydroxyl groups excluding tert-OH is 1. The molecule has 0 heterocycles. The predicted octanol–water partition coefficient (Wildman–Crippen LogP) is 3.19. The van der Waals surface area contributed by atoms with Gasteiger partial charge >= 0.3 is 0 Å². The van der Waals surface area contributed by atoms with Gasteiger partial charge in [-0.3, -0.25) is 4.79 Å². The zero-order valence-electron chi connectivity index (χ0n) is 12.1. The highest BCUT2D eigenvalue weighted by Crippen LogP contribution is 2.24. The second-order valence-corrected chi connectivity index (χ2v) is 5.17. The number of hydrogen-bond donors (Lipinski definition) is 2. The van der Waals surface area contributed by atoms with Crippen LogP contribution in [-0.2, 0) is 11.3 Å². The van der Waals surface area contributed by atoms with Gasteiger partial charge in [-0.25, -0.2) is 0 Å². The van der Waals surface area contributed by atoms with Crippen molar-refractivity contribution in [3.8, 4) is 0 Å². The van der Waals surface area contributed by atoms with Crippen molar-refractivity contribution in [1.29, 1.82) is 0 Å². The largest absolute Gasteiger partial charge is 0.378 e. The van der Waals surface area contributed by atoms with E-state index in [1.54, 1.807) is 6.07 Å². The number of hydrogen-bond acceptors (Lipinski definition) is 2. The van der Waals surface area contributed by atoms with Gasteiger partial charge in [0.1, 0.15) is 0 Å². The van der Waals surface area contributed by atoms with Crippen LogP contribution in [0.4, 0.5) is 0 Å². The lowest BCUT2D eigenvalue weighted by atomic mass is 10.00. The maximum atomic E-state index is 12.2. The third-order valence-electron chi connectivity index (χ3n) is 3.68. The van der Waals surface area contributed by atoms with E-state index in [9.17, 15) is 9.90 Å². The first kappa shape index (κ1) is 14.3. The first-order chi connectivity index (χ1) is 10.8. The second kappa shape index (κ2) is 6.41. The Hall–Kier alpha value is -2.65. The molecule has 3 heteroatoms. The van der Waals surface area contributed by atoms with Crippen molar-refractivity contribution >= 4 is 16.7 Å². The molecule has 0 saturated carbocycles. The Bertz CT molecular complexity index is 778. The van der Waals surface area contributed by atoms with Gasteiger partial charge in [-0.05, 0) is 21.9 Å². The second-order valence-electron chi connectivity index (χ2n) is 5.17. The van der Waals surface area contributed by atoms with Crippen molar-refractivity contribution in [2.45, 2.75) is 12.6 Å². The Balaban J connectivity index is 1.77. The summed E-state index contributed by atoms with van der Waals surface area (Å²) in [5.74, 6) is -0.389. The van der Waals surface area contributed by atoms with Gasteiger partial charge in [-0.1, -0.05) is 72.8 Å². The van der Waals surface area contributed by atoms with E-state index in [0.717, 1.165) is 16.3 Å². The molecule has 0 fully saturated rings. The van der Waals surface area contributed by atoms with Crippen LogP contribution in [0.5, 0.6) is 0 Å². The highest BCUT2D eigenvalue weighted by Gasteiger charge is 2.18. The van der Waals surface area contributed by atoms with Crippen molar-refractivity contribution in [2.24, 2.45) is 0 Å². The van der Waals surface area contributed by atoms with Crippen molar-refractivity contribution < 1.29 is 9.90 Å². The van der Waals surface area contributed by atoms with Gasteiger partial charge in [0.25, 0.3) is 5.91 Å². The van der Waals surface area contributed by atoms with Crippen molar-refractivity contribution in [3.05, 3.63) is 83.9 Å². The molecule has 0 aromatic heterocycles. The summed E-state index contributed by atoms with van der Waals surface area (Å²) in [7, 11) is 0. The maximum Gasteiger partial charge on any atom is 0.253 e. The molecule has 0 radical (unpaired) electrons. The van der Waals surface area contributed by atoms with E-state index in [1.807, 2.05) is 66.7 Å². The predicted molar refractivity (Wildman–Crippen MR) is 87.2 cm³/mol. The van der Waals surface area contributed by atoms with Crippen LogP contribution in [0.2, 0.25) is 0 Å². The topological polar surface area (TPSA) is 49.3 Å². The molecule has 3 aromatic rings. The summed E-state index contributed by atoms with van der Waals surface area (Å²) in [6.45, 7) is 0.404. The smallest absolute Gasteiger partial charge is 0.253 e. The van der Waals surface area contributed by atoms with Crippen LogP contribution in [-0.4, -0.2) is 11.0 Å². The summed E-state index contributed by atoms with van der Waals surface area (Å²) in [4.78, 5) is 12.2. The Labute approximate surface area is 129 Å². The zero-order valence-corrected chi connectivity index (χ0v) is 12.1. The van der Waals surface area contributed by atoms with Crippen LogP contribution in [0.3, 0.4) is 0 Å². The van der Waals surface area contributed by atoms with Gasteiger partial charge in [0.05, 0.1) is 0 Å². The molecule has 110 valence electrons. The van der Waals surface area contributed by atoms with E-state index < -0.39 is 6.10 Å². The van der Waals surface area contributed by atoms with Crippen LogP contribution >= 0.6 is 0 Å². The number of fused-ring (bicyclic) bond motifs is 1. The third-order valence-corrected chi connectivity index (χ3v) is 3.68. The van der Waals surface area contributed by atoms with E-state index in [-0.39, 0.29) is 5.91 Å². The number of carbonyl (C=O) groups is 1. The zero-order chi connectivity index (χ0) is 15.4. The molecular formula is C19H17NO2. The first-order valence-corrected chi connectivity index (χ1v) is 7.23. The van der Waals surface area contributed by atoms with Crippen LogP contribution < -0.4 is 5.32 Å².